The molecular formula is C25H27F2N5O2. The fourth-order valence-corrected chi connectivity index (χ4v) is 4.32. The molecule has 1 saturated heterocycles. The van der Waals surface area contributed by atoms with Gasteiger partial charge in [-0.3, -0.25) is 9.58 Å². The minimum Gasteiger partial charge on any atom is -0.473 e. The first-order chi connectivity index (χ1) is 16.5. The van der Waals surface area contributed by atoms with Gasteiger partial charge in [0, 0.05) is 43.0 Å². The molecule has 3 aromatic heterocycles. The zero-order valence-electron chi connectivity index (χ0n) is 19.3. The highest BCUT2D eigenvalue weighted by molar-refractivity contribution is 5.82. The van der Waals surface area contributed by atoms with E-state index in [1.165, 1.54) is 18.2 Å². The van der Waals surface area contributed by atoms with Gasteiger partial charge in [0.1, 0.15) is 18.2 Å². The molecule has 178 valence electrons. The molecule has 4 heterocycles. The Morgan fingerprint density at radius 1 is 1.06 bits per heavy atom. The number of pyridine rings is 1. The summed E-state index contributed by atoms with van der Waals surface area (Å²) in [6, 6.07) is 7.62. The lowest BCUT2D eigenvalue weighted by molar-refractivity contribution is 0.0360. The van der Waals surface area contributed by atoms with Crippen LogP contribution >= 0.6 is 0 Å². The summed E-state index contributed by atoms with van der Waals surface area (Å²) in [4.78, 5) is 2.37. The van der Waals surface area contributed by atoms with Gasteiger partial charge in [0.2, 0.25) is 5.88 Å². The zero-order chi connectivity index (χ0) is 23.7. The second-order valence-electron chi connectivity index (χ2n) is 8.56. The predicted molar refractivity (Wildman–Crippen MR) is 124 cm³/mol. The Balaban J connectivity index is 1.40. The first kappa shape index (κ1) is 22.5. The molecule has 0 spiro atoms. The maximum Gasteiger partial charge on any atom is 0.215 e. The van der Waals surface area contributed by atoms with E-state index >= 15 is 0 Å². The highest BCUT2D eigenvalue weighted by atomic mass is 19.1. The molecule has 0 bridgehead atoms. The molecule has 0 radical (unpaired) electrons. The van der Waals surface area contributed by atoms with E-state index in [1.807, 2.05) is 43.1 Å². The molecule has 0 atom stereocenters. The van der Waals surface area contributed by atoms with Crippen molar-refractivity contribution in [1.29, 1.82) is 0 Å². The third-order valence-corrected chi connectivity index (χ3v) is 6.12. The average Bonchev–Trinajstić information content (AvgIpc) is 3.41. The van der Waals surface area contributed by atoms with Crippen molar-refractivity contribution >= 4 is 5.52 Å². The number of nitrogens with zero attached hydrogens (tertiary/aromatic N) is 5. The summed E-state index contributed by atoms with van der Waals surface area (Å²) in [5.41, 5.74) is 4.45. The maximum atomic E-state index is 14.1. The van der Waals surface area contributed by atoms with E-state index in [2.05, 4.69) is 15.1 Å². The number of fused-ring (bicyclic) bond motifs is 1. The molecule has 5 rings (SSSR count). The fraction of sp³-hybridized carbons (Fsp3) is 0.360. The number of ether oxygens (including phenoxy) is 2. The smallest absolute Gasteiger partial charge is 0.215 e. The number of hydrogen-bond donors (Lipinski definition) is 0. The molecule has 7 nitrogen and oxygen atoms in total. The van der Waals surface area contributed by atoms with Crippen molar-refractivity contribution in [3.8, 4) is 17.0 Å². The van der Waals surface area contributed by atoms with Crippen LogP contribution < -0.4 is 4.74 Å². The van der Waals surface area contributed by atoms with E-state index in [4.69, 9.17) is 9.47 Å². The number of halogens is 2. The van der Waals surface area contributed by atoms with E-state index < -0.39 is 11.6 Å². The largest absolute Gasteiger partial charge is 0.473 e. The fourth-order valence-electron chi connectivity index (χ4n) is 4.32. The van der Waals surface area contributed by atoms with Crippen LogP contribution in [0.2, 0.25) is 0 Å². The normalized spacial score (nSPS) is 14.7. The summed E-state index contributed by atoms with van der Waals surface area (Å²) < 4.78 is 43.0. The molecule has 0 aliphatic carbocycles. The van der Waals surface area contributed by atoms with Crippen LogP contribution in [0.4, 0.5) is 8.78 Å². The lowest BCUT2D eigenvalue weighted by atomic mass is 10.1. The van der Waals surface area contributed by atoms with Gasteiger partial charge in [-0.2, -0.15) is 10.2 Å². The van der Waals surface area contributed by atoms with Gasteiger partial charge in [-0.05, 0) is 37.6 Å². The number of hydrogen-bond acceptors (Lipinski definition) is 5. The molecule has 0 unspecified atom stereocenters. The monoisotopic (exact) mass is 467 g/mol. The third kappa shape index (κ3) is 4.53. The summed E-state index contributed by atoms with van der Waals surface area (Å²) in [5.74, 6) is -0.844. The molecule has 1 aliphatic heterocycles. The lowest BCUT2D eigenvalue weighted by Crippen LogP contribution is -2.38. The van der Waals surface area contributed by atoms with Crippen molar-refractivity contribution in [2.75, 3.05) is 32.8 Å². The van der Waals surface area contributed by atoms with Crippen molar-refractivity contribution in [3.05, 3.63) is 71.2 Å². The lowest BCUT2D eigenvalue weighted by Gasteiger charge is -2.26. The van der Waals surface area contributed by atoms with Crippen molar-refractivity contribution in [2.45, 2.75) is 27.0 Å². The quantitative estimate of drug-likeness (QED) is 0.411. The van der Waals surface area contributed by atoms with Gasteiger partial charge in [0.25, 0.3) is 0 Å². The van der Waals surface area contributed by atoms with Gasteiger partial charge in [0.15, 0.2) is 0 Å². The van der Waals surface area contributed by atoms with Crippen molar-refractivity contribution < 1.29 is 18.3 Å². The molecule has 9 heteroatoms. The first-order valence-corrected chi connectivity index (χ1v) is 11.4. The summed E-state index contributed by atoms with van der Waals surface area (Å²) >= 11 is 0. The Kier molecular flexibility index (Phi) is 6.30. The van der Waals surface area contributed by atoms with Crippen LogP contribution in [0.15, 0.2) is 42.7 Å². The Morgan fingerprint density at radius 3 is 2.59 bits per heavy atom. The van der Waals surface area contributed by atoms with Crippen LogP contribution in [0.25, 0.3) is 16.6 Å². The highest BCUT2D eigenvalue weighted by Gasteiger charge is 2.18. The molecule has 1 fully saturated rings. The van der Waals surface area contributed by atoms with E-state index in [0.717, 1.165) is 67.3 Å². The van der Waals surface area contributed by atoms with Gasteiger partial charge >= 0.3 is 0 Å². The van der Waals surface area contributed by atoms with Gasteiger partial charge in [0.05, 0.1) is 42.7 Å². The second-order valence-corrected chi connectivity index (χ2v) is 8.56. The zero-order valence-corrected chi connectivity index (χ0v) is 19.3. The van der Waals surface area contributed by atoms with Gasteiger partial charge in [-0.1, -0.05) is 6.07 Å². The Hall–Kier alpha value is -3.30. The Labute approximate surface area is 196 Å². The standard InChI is InChI=1S/C25H27F2N5O2/c1-17-12-23-25(19-14-28-31(15-19)7-6-30-8-10-33-11-9-30)18(2)29-32(23)24(13-17)34-16-20-21(26)4-3-5-22(20)27/h3-5,12-15H,6-11,16H2,1-2H3. The summed E-state index contributed by atoms with van der Waals surface area (Å²) in [6.07, 6.45) is 3.88. The van der Waals surface area contributed by atoms with E-state index in [0.29, 0.717) is 5.88 Å². The van der Waals surface area contributed by atoms with Crippen LogP contribution in [0.1, 0.15) is 16.8 Å². The van der Waals surface area contributed by atoms with Crippen LogP contribution in [0.5, 0.6) is 5.88 Å². The first-order valence-electron chi connectivity index (χ1n) is 11.4. The van der Waals surface area contributed by atoms with Crippen LogP contribution in [-0.2, 0) is 17.9 Å². The predicted octanol–water partition coefficient (Wildman–Crippen LogP) is 4.00. The number of morpholine rings is 1. The molecule has 0 amide bonds. The highest BCUT2D eigenvalue weighted by Crippen LogP contribution is 2.31. The molecule has 0 N–H and O–H groups in total. The average molecular weight is 468 g/mol. The minimum atomic E-state index is -0.634. The number of benzene rings is 1. The maximum absolute atomic E-state index is 14.1. The number of aromatic nitrogens is 4. The van der Waals surface area contributed by atoms with E-state index in [9.17, 15) is 8.78 Å². The number of aryl methyl sites for hydroxylation is 2. The summed E-state index contributed by atoms with van der Waals surface area (Å²) in [6.45, 7) is 8.81. The van der Waals surface area contributed by atoms with Crippen molar-refractivity contribution in [2.24, 2.45) is 0 Å². The van der Waals surface area contributed by atoms with E-state index in [1.54, 1.807) is 4.52 Å². The van der Waals surface area contributed by atoms with Crippen molar-refractivity contribution in [3.63, 3.8) is 0 Å². The van der Waals surface area contributed by atoms with Crippen molar-refractivity contribution in [1.82, 2.24) is 24.3 Å². The number of rotatable bonds is 7. The van der Waals surface area contributed by atoms with Gasteiger partial charge in [-0.25, -0.2) is 13.3 Å². The summed E-state index contributed by atoms with van der Waals surface area (Å²) in [7, 11) is 0. The molecule has 4 aromatic rings. The second kappa shape index (κ2) is 9.52. The molecule has 1 aliphatic rings. The van der Waals surface area contributed by atoms with Crippen LogP contribution in [0.3, 0.4) is 0 Å². The minimum absolute atomic E-state index is 0.109. The van der Waals surface area contributed by atoms with Gasteiger partial charge in [-0.15, -0.1) is 0 Å². The Bertz CT molecular complexity index is 1290. The van der Waals surface area contributed by atoms with Crippen LogP contribution in [-0.4, -0.2) is 57.1 Å². The molecular weight excluding hydrogens is 440 g/mol. The SMILES string of the molecule is Cc1cc(OCc2c(F)cccc2F)n2nc(C)c(-c3cnn(CCN4CCOCC4)c3)c2c1. The molecule has 1 aromatic carbocycles. The molecule has 34 heavy (non-hydrogen) atoms. The van der Waals surface area contributed by atoms with Gasteiger partial charge < -0.3 is 9.47 Å². The van der Waals surface area contributed by atoms with E-state index in [-0.39, 0.29) is 12.2 Å². The topological polar surface area (TPSA) is 56.8 Å². The summed E-state index contributed by atoms with van der Waals surface area (Å²) in [5, 5.41) is 9.21. The van der Waals surface area contributed by atoms with Crippen LogP contribution in [0, 0.1) is 25.5 Å². The third-order valence-electron chi connectivity index (χ3n) is 6.12. The molecule has 0 saturated carbocycles. The Morgan fingerprint density at radius 2 is 1.82 bits per heavy atom.